The Kier molecular flexibility index (Phi) is 7.87. The molecule has 0 aliphatic heterocycles. The van der Waals surface area contributed by atoms with Crippen LogP contribution in [0.15, 0.2) is 66.7 Å². The standard InChI is InChI=1S/C27H32N2O3/c1-19(2)16-28-27(31)21(4)29(17-22-10-7-9-20(3)15-22)26(30)18-32-25-14-8-12-23-11-5-6-13-24(23)25/h5-15,19,21H,16-18H2,1-4H3,(H,28,31). The summed E-state index contributed by atoms with van der Waals surface area (Å²) in [5.74, 6) is 0.599. The summed E-state index contributed by atoms with van der Waals surface area (Å²) >= 11 is 0. The Hall–Kier alpha value is -3.34. The van der Waals surface area contributed by atoms with E-state index >= 15 is 0 Å². The van der Waals surface area contributed by atoms with Crippen molar-refractivity contribution in [2.45, 2.75) is 40.3 Å². The molecule has 0 bridgehead atoms. The summed E-state index contributed by atoms with van der Waals surface area (Å²) in [6.07, 6.45) is 0. The highest BCUT2D eigenvalue weighted by molar-refractivity contribution is 5.90. The largest absolute Gasteiger partial charge is 0.483 e. The van der Waals surface area contributed by atoms with Crippen LogP contribution in [0.2, 0.25) is 0 Å². The second-order valence-electron chi connectivity index (χ2n) is 8.59. The molecular weight excluding hydrogens is 400 g/mol. The van der Waals surface area contributed by atoms with E-state index in [4.69, 9.17) is 4.74 Å². The second kappa shape index (κ2) is 10.8. The Labute approximate surface area is 190 Å². The average Bonchev–Trinajstić information content (AvgIpc) is 2.79. The molecular formula is C27H32N2O3. The molecule has 0 saturated carbocycles. The van der Waals surface area contributed by atoms with Crippen LogP contribution in [0.5, 0.6) is 5.75 Å². The summed E-state index contributed by atoms with van der Waals surface area (Å²) in [4.78, 5) is 27.6. The van der Waals surface area contributed by atoms with Gasteiger partial charge in [0.15, 0.2) is 6.61 Å². The molecule has 0 spiro atoms. The molecule has 32 heavy (non-hydrogen) atoms. The van der Waals surface area contributed by atoms with Crippen molar-refractivity contribution < 1.29 is 14.3 Å². The van der Waals surface area contributed by atoms with Crippen molar-refractivity contribution in [1.82, 2.24) is 10.2 Å². The average molecular weight is 433 g/mol. The van der Waals surface area contributed by atoms with Gasteiger partial charge in [-0.1, -0.05) is 80.1 Å². The van der Waals surface area contributed by atoms with Crippen molar-refractivity contribution in [3.05, 3.63) is 77.9 Å². The number of aryl methyl sites for hydroxylation is 1. The molecule has 0 saturated heterocycles. The normalized spacial score (nSPS) is 11.9. The van der Waals surface area contributed by atoms with E-state index in [-0.39, 0.29) is 18.4 Å². The number of carbonyl (C=O) groups excluding carboxylic acids is 2. The lowest BCUT2D eigenvalue weighted by Gasteiger charge is -2.29. The van der Waals surface area contributed by atoms with Crippen LogP contribution < -0.4 is 10.1 Å². The lowest BCUT2D eigenvalue weighted by Crippen LogP contribution is -2.49. The van der Waals surface area contributed by atoms with E-state index in [1.165, 1.54) is 0 Å². The van der Waals surface area contributed by atoms with Crippen molar-refractivity contribution in [2.75, 3.05) is 13.2 Å². The minimum Gasteiger partial charge on any atom is -0.483 e. The Bertz CT molecular complexity index is 1070. The second-order valence-corrected chi connectivity index (χ2v) is 8.59. The zero-order chi connectivity index (χ0) is 23.1. The van der Waals surface area contributed by atoms with E-state index in [0.717, 1.165) is 21.9 Å². The SMILES string of the molecule is Cc1cccc(CN(C(=O)COc2cccc3ccccc23)C(C)C(=O)NCC(C)C)c1. The Morgan fingerprint density at radius 1 is 0.969 bits per heavy atom. The van der Waals surface area contributed by atoms with Gasteiger partial charge in [0.2, 0.25) is 5.91 Å². The van der Waals surface area contributed by atoms with Crippen molar-refractivity contribution >= 4 is 22.6 Å². The van der Waals surface area contributed by atoms with Crippen molar-refractivity contribution in [3.63, 3.8) is 0 Å². The van der Waals surface area contributed by atoms with Crippen LogP contribution in [0.4, 0.5) is 0 Å². The summed E-state index contributed by atoms with van der Waals surface area (Å²) in [5.41, 5.74) is 2.09. The highest BCUT2D eigenvalue weighted by Gasteiger charge is 2.26. The number of nitrogens with one attached hydrogen (secondary N) is 1. The highest BCUT2D eigenvalue weighted by Crippen LogP contribution is 2.25. The van der Waals surface area contributed by atoms with Gasteiger partial charge in [0.1, 0.15) is 11.8 Å². The number of rotatable bonds is 9. The molecule has 1 N–H and O–H groups in total. The van der Waals surface area contributed by atoms with Crippen molar-refractivity contribution in [2.24, 2.45) is 5.92 Å². The molecule has 2 amide bonds. The molecule has 3 aromatic carbocycles. The maximum atomic E-state index is 13.2. The molecule has 5 nitrogen and oxygen atoms in total. The lowest BCUT2D eigenvalue weighted by molar-refractivity contribution is -0.142. The fourth-order valence-electron chi connectivity index (χ4n) is 3.59. The van der Waals surface area contributed by atoms with Crippen LogP contribution in [-0.4, -0.2) is 35.9 Å². The summed E-state index contributed by atoms with van der Waals surface area (Å²) in [6, 6.07) is 21.0. The number of benzene rings is 3. The molecule has 0 aliphatic carbocycles. The smallest absolute Gasteiger partial charge is 0.261 e. The molecule has 1 unspecified atom stereocenters. The maximum absolute atomic E-state index is 13.2. The first-order valence-electron chi connectivity index (χ1n) is 11.1. The molecule has 0 fully saturated rings. The van der Waals surface area contributed by atoms with E-state index in [1.807, 2.05) is 87.5 Å². The van der Waals surface area contributed by atoms with Crippen LogP contribution in [-0.2, 0) is 16.1 Å². The number of carbonyl (C=O) groups is 2. The van der Waals surface area contributed by atoms with Crippen LogP contribution in [0.1, 0.15) is 31.9 Å². The first-order chi connectivity index (χ1) is 15.3. The maximum Gasteiger partial charge on any atom is 0.261 e. The Morgan fingerprint density at radius 2 is 1.69 bits per heavy atom. The molecule has 0 aliphatic rings. The predicted octanol–water partition coefficient (Wildman–Crippen LogP) is 4.72. The van der Waals surface area contributed by atoms with Gasteiger partial charge in [-0.15, -0.1) is 0 Å². The molecule has 168 valence electrons. The van der Waals surface area contributed by atoms with Gasteiger partial charge in [-0.25, -0.2) is 0 Å². The number of fused-ring (bicyclic) bond motifs is 1. The summed E-state index contributed by atoms with van der Waals surface area (Å²) in [5, 5.41) is 4.94. The fourth-order valence-corrected chi connectivity index (χ4v) is 3.59. The first-order valence-corrected chi connectivity index (χ1v) is 11.1. The van der Waals surface area contributed by atoms with Gasteiger partial charge in [-0.2, -0.15) is 0 Å². The predicted molar refractivity (Wildman–Crippen MR) is 128 cm³/mol. The molecule has 0 radical (unpaired) electrons. The van der Waals surface area contributed by atoms with Crippen molar-refractivity contribution in [3.8, 4) is 5.75 Å². The lowest BCUT2D eigenvalue weighted by atomic mass is 10.1. The third kappa shape index (κ3) is 6.10. The third-order valence-corrected chi connectivity index (χ3v) is 5.39. The summed E-state index contributed by atoms with van der Waals surface area (Å²) in [7, 11) is 0. The molecule has 0 heterocycles. The number of nitrogens with zero attached hydrogens (tertiary/aromatic N) is 1. The zero-order valence-electron chi connectivity index (χ0n) is 19.3. The number of hydrogen-bond acceptors (Lipinski definition) is 3. The Morgan fingerprint density at radius 3 is 2.44 bits per heavy atom. The van der Waals surface area contributed by atoms with Gasteiger partial charge in [-0.3, -0.25) is 9.59 Å². The summed E-state index contributed by atoms with van der Waals surface area (Å²) < 4.78 is 5.93. The Balaban J connectivity index is 1.77. The van der Waals surface area contributed by atoms with E-state index in [9.17, 15) is 9.59 Å². The number of hydrogen-bond donors (Lipinski definition) is 1. The van der Waals surface area contributed by atoms with E-state index in [0.29, 0.717) is 24.8 Å². The highest BCUT2D eigenvalue weighted by atomic mass is 16.5. The monoisotopic (exact) mass is 432 g/mol. The van der Waals surface area contributed by atoms with Crippen molar-refractivity contribution in [1.29, 1.82) is 0 Å². The number of ether oxygens (including phenoxy) is 1. The van der Waals surface area contributed by atoms with Gasteiger partial charge in [-0.05, 0) is 36.8 Å². The van der Waals surface area contributed by atoms with Crippen LogP contribution in [0.3, 0.4) is 0 Å². The van der Waals surface area contributed by atoms with Gasteiger partial charge < -0.3 is 15.0 Å². The van der Waals surface area contributed by atoms with E-state index in [2.05, 4.69) is 5.32 Å². The first kappa shape index (κ1) is 23.3. The minimum absolute atomic E-state index is 0.137. The topological polar surface area (TPSA) is 58.6 Å². The van der Waals surface area contributed by atoms with Gasteiger partial charge in [0.05, 0.1) is 0 Å². The van der Waals surface area contributed by atoms with Crippen LogP contribution in [0, 0.1) is 12.8 Å². The van der Waals surface area contributed by atoms with Gasteiger partial charge in [0.25, 0.3) is 5.91 Å². The minimum atomic E-state index is -0.613. The van der Waals surface area contributed by atoms with Crippen LogP contribution >= 0.6 is 0 Å². The van der Waals surface area contributed by atoms with E-state index in [1.54, 1.807) is 11.8 Å². The van der Waals surface area contributed by atoms with E-state index < -0.39 is 6.04 Å². The third-order valence-electron chi connectivity index (χ3n) is 5.39. The summed E-state index contributed by atoms with van der Waals surface area (Å²) in [6.45, 7) is 8.63. The molecule has 0 aromatic heterocycles. The van der Waals surface area contributed by atoms with Gasteiger partial charge >= 0.3 is 0 Å². The molecule has 3 aromatic rings. The van der Waals surface area contributed by atoms with Crippen LogP contribution in [0.25, 0.3) is 10.8 Å². The van der Waals surface area contributed by atoms with Gasteiger partial charge in [0, 0.05) is 18.5 Å². The molecule has 3 rings (SSSR count). The zero-order valence-corrected chi connectivity index (χ0v) is 19.3. The molecule has 5 heteroatoms. The fraction of sp³-hybridized carbons (Fsp3) is 0.333. The number of amides is 2. The quantitative estimate of drug-likeness (QED) is 0.532. The molecule has 1 atom stereocenters.